The zero-order valence-electron chi connectivity index (χ0n) is 12.8. The van der Waals surface area contributed by atoms with Gasteiger partial charge in [-0.2, -0.15) is 0 Å². The van der Waals surface area contributed by atoms with Gasteiger partial charge in [-0.25, -0.2) is 0 Å². The first kappa shape index (κ1) is 14.1. The van der Waals surface area contributed by atoms with Gasteiger partial charge in [-0.15, -0.1) is 0 Å². The fraction of sp³-hybridized carbons (Fsp3) is 0.250. The number of rotatable bonds is 3. The van der Waals surface area contributed by atoms with Crippen LogP contribution >= 0.6 is 0 Å². The molecule has 0 saturated heterocycles. The predicted octanol–water partition coefficient (Wildman–Crippen LogP) is 4.23. The summed E-state index contributed by atoms with van der Waals surface area (Å²) >= 11 is 0. The highest BCUT2D eigenvalue weighted by Crippen LogP contribution is 2.49. The summed E-state index contributed by atoms with van der Waals surface area (Å²) in [6.45, 7) is 4.57. The summed E-state index contributed by atoms with van der Waals surface area (Å²) in [4.78, 5) is 12.1. The van der Waals surface area contributed by atoms with Crippen LogP contribution in [-0.2, 0) is 11.4 Å². The van der Waals surface area contributed by atoms with Gasteiger partial charge in [-0.3, -0.25) is 4.79 Å². The number of esters is 1. The van der Waals surface area contributed by atoms with Gasteiger partial charge in [-0.1, -0.05) is 42.5 Å². The highest BCUT2D eigenvalue weighted by molar-refractivity contribution is 5.80. The summed E-state index contributed by atoms with van der Waals surface area (Å²) in [5.74, 6) is 1.44. The maximum atomic E-state index is 12.1. The van der Waals surface area contributed by atoms with Crippen molar-refractivity contribution >= 4 is 5.97 Å². The fourth-order valence-corrected chi connectivity index (χ4v) is 3.49. The Morgan fingerprint density at radius 1 is 1.09 bits per heavy atom. The van der Waals surface area contributed by atoms with E-state index in [4.69, 9.17) is 9.47 Å². The molecule has 2 unspecified atom stereocenters. The lowest BCUT2D eigenvalue weighted by Gasteiger charge is -2.26. The number of carbonyl (C=O) groups is 1. The molecule has 1 aliphatic heterocycles. The van der Waals surface area contributed by atoms with Crippen LogP contribution in [0, 0.1) is 5.92 Å². The minimum Gasteiger partial charge on any atom is -0.489 e. The van der Waals surface area contributed by atoms with Crippen LogP contribution in [0.1, 0.15) is 29.9 Å². The van der Waals surface area contributed by atoms with Crippen molar-refractivity contribution in [2.45, 2.75) is 25.4 Å². The minimum atomic E-state index is -0.126. The van der Waals surface area contributed by atoms with Crippen LogP contribution in [0.2, 0.25) is 0 Å². The zero-order chi connectivity index (χ0) is 15.8. The summed E-state index contributed by atoms with van der Waals surface area (Å²) in [6.07, 6.45) is 1.59. The molecular formula is C20H18O3. The van der Waals surface area contributed by atoms with Crippen molar-refractivity contribution in [2.75, 3.05) is 0 Å². The van der Waals surface area contributed by atoms with Gasteiger partial charge in [0.15, 0.2) is 0 Å². The molecule has 116 valence electrons. The minimum absolute atomic E-state index is 0.0839. The molecule has 0 spiro atoms. The Morgan fingerprint density at radius 3 is 2.70 bits per heavy atom. The molecule has 1 fully saturated rings. The van der Waals surface area contributed by atoms with E-state index in [1.54, 1.807) is 0 Å². The van der Waals surface area contributed by atoms with Crippen LogP contribution in [0.4, 0.5) is 0 Å². The molecule has 1 aliphatic carbocycles. The molecule has 4 rings (SSSR count). The summed E-state index contributed by atoms with van der Waals surface area (Å²) < 4.78 is 11.4. The molecule has 3 nitrogen and oxygen atoms in total. The van der Waals surface area contributed by atoms with E-state index in [1.807, 2.05) is 48.5 Å². The van der Waals surface area contributed by atoms with Gasteiger partial charge in [-0.05, 0) is 36.6 Å². The highest BCUT2D eigenvalue weighted by atomic mass is 16.5. The van der Waals surface area contributed by atoms with E-state index in [-0.39, 0.29) is 17.8 Å². The van der Waals surface area contributed by atoms with Gasteiger partial charge in [0.2, 0.25) is 0 Å². The number of carbonyl (C=O) groups excluding carboxylic acids is 1. The van der Waals surface area contributed by atoms with Crippen molar-refractivity contribution in [3.8, 4) is 11.5 Å². The van der Waals surface area contributed by atoms with E-state index in [0.29, 0.717) is 12.4 Å². The first-order chi connectivity index (χ1) is 11.2. The fourth-order valence-electron chi connectivity index (χ4n) is 3.49. The molecule has 1 saturated carbocycles. The molecule has 0 radical (unpaired) electrons. The second-order valence-corrected chi connectivity index (χ2v) is 6.27. The third-order valence-corrected chi connectivity index (χ3v) is 4.65. The monoisotopic (exact) mass is 306 g/mol. The molecule has 3 heteroatoms. The molecule has 0 bridgehead atoms. The van der Waals surface area contributed by atoms with Crippen molar-refractivity contribution in [3.05, 3.63) is 71.8 Å². The predicted molar refractivity (Wildman–Crippen MR) is 87.5 cm³/mol. The summed E-state index contributed by atoms with van der Waals surface area (Å²) in [7, 11) is 0. The average molecular weight is 306 g/mol. The molecular weight excluding hydrogens is 288 g/mol. The molecule has 1 heterocycles. The number of benzene rings is 2. The topological polar surface area (TPSA) is 35.5 Å². The number of fused-ring (bicyclic) bond motifs is 3. The molecule has 2 aromatic carbocycles. The Hall–Kier alpha value is -2.55. The largest absolute Gasteiger partial charge is 0.489 e. The standard InChI is InChI=1S/C20H18O3/c1-13-9-16-17-11-15(22-12-14-5-3-2-4-6-14)7-8-19(17)23-20(21)18(16)10-13/h2-8,11,16,18H,1,9-10,12H2. The maximum Gasteiger partial charge on any atom is 0.315 e. The van der Waals surface area contributed by atoms with Crippen molar-refractivity contribution in [1.29, 1.82) is 0 Å². The van der Waals surface area contributed by atoms with E-state index in [1.165, 1.54) is 0 Å². The quantitative estimate of drug-likeness (QED) is 0.483. The van der Waals surface area contributed by atoms with Crippen LogP contribution in [0.15, 0.2) is 60.7 Å². The van der Waals surface area contributed by atoms with Gasteiger partial charge in [0.25, 0.3) is 0 Å². The van der Waals surface area contributed by atoms with Crippen LogP contribution in [0.5, 0.6) is 11.5 Å². The van der Waals surface area contributed by atoms with E-state index in [2.05, 4.69) is 6.58 Å². The van der Waals surface area contributed by atoms with Crippen LogP contribution in [0.3, 0.4) is 0 Å². The van der Waals surface area contributed by atoms with E-state index in [0.717, 1.165) is 35.3 Å². The molecule has 2 aromatic rings. The molecule has 0 aromatic heterocycles. The summed E-state index contributed by atoms with van der Waals surface area (Å²) in [5.41, 5.74) is 3.32. The third kappa shape index (κ3) is 2.63. The van der Waals surface area contributed by atoms with Crippen molar-refractivity contribution in [3.63, 3.8) is 0 Å². The van der Waals surface area contributed by atoms with Crippen molar-refractivity contribution in [2.24, 2.45) is 5.92 Å². The number of ether oxygens (including phenoxy) is 2. The van der Waals surface area contributed by atoms with Gasteiger partial charge >= 0.3 is 5.97 Å². The van der Waals surface area contributed by atoms with E-state index < -0.39 is 0 Å². The van der Waals surface area contributed by atoms with E-state index in [9.17, 15) is 4.79 Å². The van der Waals surface area contributed by atoms with Gasteiger partial charge in [0, 0.05) is 11.5 Å². The van der Waals surface area contributed by atoms with Crippen LogP contribution in [-0.4, -0.2) is 5.97 Å². The lowest BCUT2D eigenvalue weighted by atomic mass is 9.86. The third-order valence-electron chi connectivity index (χ3n) is 4.65. The van der Waals surface area contributed by atoms with Crippen molar-refractivity contribution in [1.82, 2.24) is 0 Å². The summed E-state index contributed by atoms with van der Waals surface area (Å²) in [5, 5.41) is 0. The van der Waals surface area contributed by atoms with Crippen LogP contribution in [0.25, 0.3) is 0 Å². The molecule has 2 atom stereocenters. The zero-order valence-corrected chi connectivity index (χ0v) is 12.8. The second kappa shape index (κ2) is 5.58. The Kier molecular flexibility index (Phi) is 3.41. The molecule has 23 heavy (non-hydrogen) atoms. The summed E-state index contributed by atoms with van der Waals surface area (Å²) in [6, 6.07) is 15.8. The maximum absolute atomic E-state index is 12.1. The Morgan fingerprint density at radius 2 is 1.87 bits per heavy atom. The first-order valence-electron chi connectivity index (χ1n) is 7.90. The normalized spacial score (nSPS) is 22.3. The second-order valence-electron chi connectivity index (χ2n) is 6.27. The van der Waals surface area contributed by atoms with Gasteiger partial charge < -0.3 is 9.47 Å². The Balaban J connectivity index is 1.58. The molecule has 0 N–H and O–H groups in total. The smallest absolute Gasteiger partial charge is 0.315 e. The SMILES string of the molecule is C=C1CC2C(=O)Oc3ccc(OCc4ccccc4)cc3C2C1. The number of hydrogen-bond acceptors (Lipinski definition) is 3. The van der Waals surface area contributed by atoms with Gasteiger partial charge in [0.05, 0.1) is 5.92 Å². The van der Waals surface area contributed by atoms with Crippen molar-refractivity contribution < 1.29 is 14.3 Å². The molecule has 2 aliphatic rings. The molecule has 0 amide bonds. The van der Waals surface area contributed by atoms with E-state index >= 15 is 0 Å². The number of hydrogen-bond donors (Lipinski definition) is 0. The average Bonchev–Trinajstić information content (AvgIpc) is 2.97. The number of allylic oxidation sites excluding steroid dienone is 1. The Bertz CT molecular complexity index is 764. The van der Waals surface area contributed by atoms with Gasteiger partial charge in [0.1, 0.15) is 18.1 Å². The highest BCUT2D eigenvalue weighted by Gasteiger charge is 2.42. The van der Waals surface area contributed by atoms with Crippen LogP contribution < -0.4 is 9.47 Å². The Labute approximate surface area is 135 Å². The lowest BCUT2D eigenvalue weighted by molar-refractivity contribution is -0.140. The first-order valence-corrected chi connectivity index (χ1v) is 7.90. The lowest BCUT2D eigenvalue weighted by Crippen LogP contribution is -2.28.